The minimum Gasteiger partial charge on any atom is -0.462 e. The highest BCUT2D eigenvalue weighted by atomic mass is 16.5. The van der Waals surface area contributed by atoms with Gasteiger partial charge in [-0.15, -0.1) is 0 Å². The van der Waals surface area contributed by atoms with Gasteiger partial charge in [0.2, 0.25) is 5.91 Å². The summed E-state index contributed by atoms with van der Waals surface area (Å²) >= 11 is 0. The van der Waals surface area contributed by atoms with E-state index in [1.54, 1.807) is 4.90 Å². The number of ether oxygens (including phenoxy) is 1. The van der Waals surface area contributed by atoms with Crippen molar-refractivity contribution in [3.8, 4) is 12.1 Å². The number of amides is 1. The molecule has 1 aromatic heterocycles. The van der Waals surface area contributed by atoms with Crippen LogP contribution in [0.2, 0.25) is 0 Å². The molecule has 4 heterocycles. The summed E-state index contributed by atoms with van der Waals surface area (Å²) in [6, 6.07) is 15.9. The van der Waals surface area contributed by atoms with E-state index in [-0.39, 0.29) is 18.9 Å². The Morgan fingerprint density at radius 3 is 2.73 bits per heavy atom. The van der Waals surface area contributed by atoms with Crippen LogP contribution in [0.15, 0.2) is 48.6 Å². The van der Waals surface area contributed by atoms with Crippen LogP contribution in [0.4, 0.5) is 11.5 Å². The molecule has 3 aliphatic rings. The number of benzene rings is 2. The van der Waals surface area contributed by atoms with Crippen molar-refractivity contribution in [2.24, 2.45) is 0 Å². The number of likely N-dealkylation sites (N-methyl/N-ethyl adjacent to an activating group) is 1. The van der Waals surface area contributed by atoms with Crippen molar-refractivity contribution in [1.29, 1.82) is 5.26 Å². The lowest BCUT2D eigenvalue weighted by Gasteiger charge is -2.48. The fraction of sp³-hybridized carbons (Fsp3) is 0.486. The maximum Gasteiger partial charge on any atom is 0.318 e. The third-order valence-electron chi connectivity index (χ3n) is 9.70. The molecule has 0 spiro atoms. The van der Waals surface area contributed by atoms with Crippen LogP contribution >= 0.6 is 0 Å². The number of aromatic nitrogens is 2. The van der Waals surface area contributed by atoms with Gasteiger partial charge in [-0.3, -0.25) is 4.79 Å². The zero-order valence-corrected chi connectivity index (χ0v) is 26.6. The van der Waals surface area contributed by atoms with Crippen LogP contribution in [-0.4, -0.2) is 95.3 Å². The number of carbonyl (C=O) groups excluding carboxylic acids is 1. The topological polar surface area (TPSA) is 109 Å². The number of anilines is 2. The molecule has 0 radical (unpaired) electrons. The molecule has 1 amide bonds. The predicted molar refractivity (Wildman–Crippen MR) is 175 cm³/mol. The summed E-state index contributed by atoms with van der Waals surface area (Å²) < 4.78 is 6.33. The Hall–Kier alpha value is -4.20. The first-order chi connectivity index (χ1) is 21.8. The monoisotopic (exact) mass is 609 g/mol. The summed E-state index contributed by atoms with van der Waals surface area (Å²) in [6.07, 6.45) is 6.04. The molecule has 0 bridgehead atoms. The Balaban J connectivity index is 1.35. The Morgan fingerprint density at radius 2 is 1.98 bits per heavy atom. The highest BCUT2D eigenvalue weighted by molar-refractivity contribution is 5.97. The van der Waals surface area contributed by atoms with E-state index in [0.717, 1.165) is 49.4 Å². The number of carbonyl (C=O) groups is 1. The normalized spacial score (nSPS) is 22.2. The van der Waals surface area contributed by atoms with Crippen LogP contribution in [0.3, 0.4) is 0 Å². The average molecular weight is 610 g/mol. The Kier molecular flexibility index (Phi) is 8.92. The molecule has 0 aliphatic carbocycles. The molecule has 3 aromatic rings. The molecule has 236 valence electrons. The minimum absolute atomic E-state index is 0.182. The number of nitriles is 1. The van der Waals surface area contributed by atoms with Gasteiger partial charge in [0.1, 0.15) is 12.4 Å². The van der Waals surface area contributed by atoms with Crippen LogP contribution in [-0.2, 0) is 17.8 Å². The number of hydrogen-bond donors (Lipinski definition) is 1. The van der Waals surface area contributed by atoms with Crippen LogP contribution in [0.1, 0.15) is 43.0 Å². The van der Waals surface area contributed by atoms with Crippen molar-refractivity contribution in [1.82, 2.24) is 19.8 Å². The lowest BCUT2D eigenvalue weighted by atomic mass is 9.91. The minimum atomic E-state index is -0.726. The lowest BCUT2D eigenvalue weighted by molar-refractivity contribution is -0.132. The number of nitrogens with zero attached hydrogens (tertiary/aromatic N) is 7. The van der Waals surface area contributed by atoms with E-state index < -0.39 is 5.54 Å². The third-order valence-corrected chi connectivity index (χ3v) is 9.70. The summed E-state index contributed by atoms with van der Waals surface area (Å²) in [6.45, 7) is 8.45. The van der Waals surface area contributed by atoms with E-state index in [1.165, 1.54) is 34.2 Å². The fourth-order valence-corrected chi connectivity index (χ4v) is 7.24. The molecule has 2 atom stereocenters. The predicted octanol–water partition coefficient (Wildman–Crippen LogP) is 3.84. The van der Waals surface area contributed by atoms with Crippen molar-refractivity contribution < 1.29 is 14.6 Å². The van der Waals surface area contributed by atoms with Crippen molar-refractivity contribution in [3.63, 3.8) is 0 Å². The van der Waals surface area contributed by atoms with Crippen molar-refractivity contribution in [3.05, 3.63) is 65.4 Å². The Bertz CT molecular complexity index is 1630. The Morgan fingerprint density at radius 1 is 1.16 bits per heavy atom. The number of rotatable bonds is 8. The number of fused-ring (bicyclic) bond motifs is 2. The van der Waals surface area contributed by atoms with Gasteiger partial charge in [-0.05, 0) is 63.7 Å². The van der Waals surface area contributed by atoms with Crippen molar-refractivity contribution >= 4 is 28.2 Å². The molecule has 6 rings (SSSR count). The van der Waals surface area contributed by atoms with Gasteiger partial charge in [-0.2, -0.15) is 15.2 Å². The smallest absolute Gasteiger partial charge is 0.318 e. The summed E-state index contributed by atoms with van der Waals surface area (Å²) in [7, 11) is 2.14. The molecule has 10 nitrogen and oxygen atoms in total. The molecule has 10 heteroatoms. The van der Waals surface area contributed by atoms with E-state index in [2.05, 4.69) is 71.1 Å². The van der Waals surface area contributed by atoms with Gasteiger partial charge in [-0.1, -0.05) is 36.4 Å². The fourth-order valence-electron chi connectivity index (χ4n) is 7.24. The van der Waals surface area contributed by atoms with Gasteiger partial charge in [0, 0.05) is 54.9 Å². The summed E-state index contributed by atoms with van der Waals surface area (Å²) in [5.41, 5.74) is 3.79. The molecule has 45 heavy (non-hydrogen) atoms. The van der Waals surface area contributed by atoms with E-state index in [1.807, 2.05) is 6.92 Å². The summed E-state index contributed by atoms with van der Waals surface area (Å²) in [5.74, 6) is 0.641. The second-order valence-corrected chi connectivity index (χ2v) is 12.8. The Labute approximate surface area is 265 Å². The molecule has 3 aliphatic heterocycles. The van der Waals surface area contributed by atoms with Gasteiger partial charge in [0.25, 0.3) is 0 Å². The highest BCUT2D eigenvalue weighted by Gasteiger charge is 2.41. The molecular formula is C35H43N7O3. The third kappa shape index (κ3) is 6.20. The van der Waals surface area contributed by atoms with Gasteiger partial charge in [0.05, 0.1) is 36.9 Å². The van der Waals surface area contributed by atoms with E-state index in [0.29, 0.717) is 44.8 Å². The largest absolute Gasteiger partial charge is 0.462 e. The van der Waals surface area contributed by atoms with Crippen LogP contribution in [0, 0.1) is 18.3 Å². The number of aliphatic hydroxyl groups is 1. The molecular weight excluding hydrogens is 566 g/mol. The van der Waals surface area contributed by atoms with Crippen molar-refractivity contribution in [2.75, 3.05) is 62.8 Å². The molecule has 1 N–H and O–H groups in total. The SMILES string of the molecule is Cc1cccc2cccc(N3CCc4c(nc(OC[C@H]5CCCN5C)nc4N4CCN(C(=O)/C=C/CO)[C@](C)(CC#N)C4)C3)c12. The molecule has 2 fully saturated rings. The number of aryl methyl sites for hydroxylation is 1. The molecule has 2 saturated heterocycles. The summed E-state index contributed by atoms with van der Waals surface area (Å²) in [5, 5.41) is 21.5. The second kappa shape index (κ2) is 13.0. The van der Waals surface area contributed by atoms with Gasteiger partial charge in [-0.25, -0.2) is 0 Å². The lowest BCUT2D eigenvalue weighted by Crippen LogP contribution is -2.62. The standard InChI is InChI=1S/C35H43N7O3/c1-25-8-4-9-26-10-5-12-30(32(25)26)40-18-14-28-29(22-40)37-34(45-23-27-11-6-17-39(27)3)38-33(28)41-19-20-42(31(44)13-7-21-43)35(2,24-41)15-16-36/h4-5,7-10,12-13,27,43H,6,11,14-15,17-24H2,1-3H3/b13-7+/t27-,35-/m1/s1. The van der Waals surface area contributed by atoms with E-state index in [9.17, 15) is 15.2 Å². The molecule has 2 aromatic carbocycles. The first kappa shape index (κ1) is 30.8. The second-order valence-electron chi connectivity index (χ2n) is 12.8. The van der Waals surface area contributed by atoms with E-state index in [4.69, 9.17) is 14.7 Å². The maximum absolute atomic E-state index is 13.0. The zero-order chi connectivity index (χ0) is 31.6. The molecule has 0 saturated carbocycles. The molecule has 0 unspecified atom stereocenters. The van der Waals surface area contributed by atoms with Gasteiger partial charge in [0.15, 0.2) is 0 Å². The number of piperazine rings is 1. The number of hydrogen-bond acceptors (Lipinski definition) is 9. The number of aliphatic hydroxyl groups excluding tert-OH is 1. The first-order valence-electron chi connectivity index (χ1n) is 16.0. The number of likely N-dealkylation sites (tertiary alicyclic amines) is 1. The van der Waals surface area contributed by atoms with Crippen LogP contribution in [0.25, 0.3) is 10.8 Å². The van der Waals surface area contributed by atoms with Gasteiger partial charge >= 0.3 is 6.01 Å². The zero-order valence-electron chi connectivity index (χ0n) is 26.6. The summed E-state index contributed by atoms with van der Waals surface area (Å²) in [4.78, 5) is 31.8. The quantitative estimate of drug-likeness (QED) is 0.381. The van der Waals surface area contributed by atoms with Crippen LogP contribution in [0.5, 0.6) is 6.01 Å². The highest BCUT2D eigenvalue weighted by Crippen LogP contribution is 2.37. The van der Waals surface area contributed by atoms with Crippen LogP contribution < -0.4 is 14.5 Å². The van der Waals surface area contributed by atoms with Gasteiger partial charge < -0.3 is 29.4 Å². The average Bonchev–Trinajstić information content (AvgIpc) is 3.46. The van der Waals surface area contributed by atoms with E-state index >= 15 is 0 Å². The maximum atomic E-state index is 13.0. The van der Waals surface area contributed by atoms with Crippen molar-refractivity contribution in [2.45, 2.75) is 57.7 Å². The first-order valence-corrected chi connectivity index (χ1v) is 16.0.